The van der Waals surface area contributed by atoms with Gasteiger partial charge in [0.1, 0.15) is 0 Å². The summed E-state index contributed by atoms with van der Waals surface area (Å²) in [6.07, 6.45) is 0. The number of benzene rings is 3. The van der Waals surface area contributed by atoms with Crippen LogP contribution in [0.1, 0.15) is 16.7 Å². The normalized spacial score (nSPS) is 10.6. The zero-order valence-electron chi connectivity index (χ0n) is 20.0. The van der Waals surface area contributed by atoms with Crippen molar-refractivity contribution in [1.29, 1.82) is 0 Å². The first-order chi connectivity index (χ1) is 14.9. The Morgan fingerprint density at radius 3 is 0.968 bits per heavy atom. The Bertz CT molecular complexity index is 854. The van der Waals surface area contributed by atoms with Gasteiger partial charge in [0.2, 0.25) is 0 Å². The van der Waals surface area contributed by atoms with E-state index in [0.29, 0.717) is 0 Å². The van der Waals surface area contributed by atoms with Gasteiger partial charge < -0.3 is 0 Å². The van der Waals surface area contributed by atoms with Crippen LogP contribution in [0.2, 0.25) is 0 Å². The molecule has 162 valence electrons. The van der Waals surface area contributed by atoms with Crippen LogP contribution in [0.25, 0.3) is 0 Å². The number of rotatable bonds is 9. The van der Waals surface area contributed by atoms with Gasteiger partial charge in [-0.05, 0) is 0 Å². The van der Waals surface area contributed by atoms with E-state index in [-0.39, 0.29) is 0 Å². The van der Waals surface area contributed by atoms with Gasteiger partial charge in [0, 0.05) is 0 Å². The molecular weight excluding hydrogens is 411 g/mol. The number of hydrogen-bond donors (Lipinski definition) is 0. The number of hydrogen-bond acceptors (Lipinski definition) is 3. The Morgan fingerprint density at radius 2 is 0.710 bits per heavy atom. The van der Waals surface area contributed by atoms with Gasteiger partial charge in [-0.2, -0.15) is 0 Å². The van der Waals surface area contributed by atoms with E-state index in [4.69, 9.17) is 0 Å². The molecule has 0 unspecified atom stereocenters. The first-order valence-corrected chi connectivity index (χ1v) is 14.9. The third kappa shape index (κ3) is 6.22. The Morgan fingerprint density at radius 1 is 0.452 bits per heavy atom. The molecule has 0 saturated carbocycles. The molecule has 31 heavy (non-hydrogen) atoms. The molecule has 0 bridgehead atoms. The molecule has 4 heteroatoms. The molecule has 0 radical (unpaired) electrons. The first-order valence-electron chi connectivity index (χ1n) is 11.1. The zero-order valence-corrected chi connectivity index (χ0v) is 21.8. The van der Waals surface area contributed by atoms with Crippen molar-refractivity contribution in [2.75, 3.05) is 57.0 Å². The van der Waals surface area contributed by atoms with Crippen LogP contribution >= 0.6 is 0 Å². The van der Waals surface area contributed by atoms with E-state index >= 15 is 0 Å². The molecule has 0 aliphatic carbocycles. The van der Waals surface area contributed by atoms with Gasteiger partial charge in [-0.15, -0.1) is 0 Å². The van der Waals surface area contributed by atoms with Gasteiger partial charge in [-0.3, -0.25) is 0 Å². The summed E-state index contributed by atoms with van der Waals surface area (Å²) in [7, 11) is 12.9. The van der Waals surface area contributed by atoms with Gasteiger partial charge in [-0.25, -0.2) is 0 Å². The molecule has 0 aliphatic rings. The SMILES string of the molecule is CN(C)c1ccccc1[CH2][Sc]([CH2]c1ccccc1N(C)C)[CH2]c1ccccc1N(C)C. The molecule has 0 aromatic heterocycles. The quantitative estimate of drug-likeness (QED) is 0.435. The molecule has 3 nitrogen and oxygen atoms in total. The van der Waals surface area contributed by atoms with Gasteiger partial charge in [-0.1, -0.05) is 0 Å². The topological polar surface area (TPSA) is 9.72 Å². The molecule has 0 aliphatic heterocycles. The molecule has 3 aromatic rings. The molecule has 0 N–H and O–H groups in total. The molecule has 0 saturated heterocycles. The van der Waals surface area contributed by atoms with Crippen molar-refractivity contribution in [2.45, 2.75) is 12.5 Å². The second-order valence-corrected chi connectivity index (χ2v) is 13.7. The molecule has 0 heterocycles. The van der Waals surface area contributed by atoms with E-state index in [2.05, 4.69) is 130 Å². The van der Waals surface area contributed by atoms with Crippen LogP contribution in [0.5, 0.6) is 0 Å². The molecule has 3 aromatic carbocycles. The third-order valence-electron chi connectivity index (χ3n) is 5.95. The summed E-state index contributed by atoms with van der Waals surface area (Å²) < 4.78 is 3.72. The average molecular weight is 448 g/mol. The number of para-hydroxylation sites is 3. The summed E-state index contributed by atoms with van der Waals surface area (Å²) in [5, 5.41) is 0. The van der Waals surface area contributed by atoms with Crippen LogP contribution in [0.4, 0.5) is 17.1 Å². The second-order valence-electron chi connectivity index (χ2n) is 9.05. The average Bonchev–Trinajstić information content (AvgIpc) is 2.74. The molecular formula is C27H36N3Sc. The summed E-state index contributed by atoms with van der Waals surface area (Å²) in [6.45, 7) is 0. The van der Waals surface area contributed by atoms with Gasteiger partial charge in [0.25, 0.3) is 0 Å². The summed E-state index contributed by atoms with van der Waals surface area (Å²) in [5.41, 5.74) is 8.59. The van der Waals surface area contributed by atoms with E-state index in [1.807, 2.05) is 0 Å². The first kappa shape index (κ1) is 23.6. The van der Waals surface area contributed by atoms with Crippen molar-refractivity contribution < 1.29 is 21.4 Å². The molecule has 3 rings (SSSR count). The molecule has 0 amide bonds. The fourth-order valence-electron chi connectivity index (χ4n) is 4.51. The summed E-state index contributed by atoms with van der Waals surface area (Å²) in [4.78, 5) is 6.78. The summed E-state index contributed by atoms with van der Waals surface area (Å²) in [6, 6.07) is 26.9. The monoisotopic (exact) mass is 447 g/mol. The van der Waals surface area contributed by atoms with Crippen molar-refractivity contribution in [2.24, 2.45) is 0 Å². The molecule has 0 atom stereocenters. The number of anilines is 3. The predicted octanol–water partition coefficient (Wildman–Crippen LogP) is 5.40. The van der Waals surface area contributed by atoms with E-state index < -0.39 is 21.4 Å². The fourth-order valence-corrected chi connectivity index (χ4v) is 9.72. The van der Waals surface area contributed by atoms with Gasteiger partial charge in [0.05, 0.1) is 0 Å². The van der Waals surface area contributed by atoms with Crippen molar-refractivity contribution in [3.63, 3.8) is 0 Å². The zero-order chi connectivity index (χ0) is 22.4. The van der Waals surface area contributed by atoms with Crippen LogP contribution in [0.15, 0.2) is 72.8 Å². The minimum absolute atomic E-state index is 1.24. The minimum atomic E-state index is -1.80. The Hall–Kier alpha value is -2.07. The van der Waals surface area contributed by atoms with E-state index in [0.717, 1.165) is 0 Å². The third-order valence-corrected chi connectivity index (χ3v) is 10.7. The maximum absolute atomic E-state index is 2.34. The number of nitrogens with zero attached hydrogens (tertiary/aromatic N) is 3. The van der Waals surface area contributed by atoms with Crippen LogP contribution < -0.4 is 14.7 Å². The van der Waals surface area contributed by atoms with E-state index in [1.165, 1.54) is 46.3 Å². The van der Waals surface area contributed by atoms with Crippen LogP contribution in [0.3, 0.4) is 0 Å². The molecule has 0 spiro atoms. The Balaban J connectivity index is 1.97. The van der Waals surface area contributed by atoms with Gasteiger partial charge >= 0.3 is 198 Å². The van der Waals surface area contributed by atoms with Crippen LogP contribution in [0, 0.1) is 0 Å². The van der Waals surface area contributed by atoms with Crippen LogP contribution in [-0.2, 0) is 34.0 Å². The van der Waals surface area contributed by atoms with Crippen molar-refractivity contribution in [3.8, 4) is 0 Å². The van der Waals surface area contributed by atoms with E-state index in [9.17, 15) is 0 Å². The van der Waals surface area contributed by atoms with Gasteiger partial charge in [0.15, 0.2) is 0 Å². The Kier molecular flexibility index (Phi) is 8.36. The second kappa shape index (κ2) is 11.0. The Labute approximate surface area is 196 Å². The summed E-state index contributed by atoms with van der Waals surface area (Å²) in [5.74, 6) is 0. The van der Waals surface area contributed by atoms with Crippen molar-refractivity contribution in [1.82, 2.24) is 0 Å². The van der Waals surface area contributed by atoms with Crippen LogP contribution in [-0.4, -0.2) is 42.3 Å². The summed E-state index contributed by atoms with van der Waals surface area (Å²) >= 11 is -1.80. The fraction of sp³-hybridized carbons (Fsp3) is 0.333. The van der Waals surface area contributed by atoms with Crippen molar-refractivity contribution >= 4 is 17.1 Å². The van der Waals surface area contributed by atoms with E-state index in [1.54, 1.807) is 0 Å². The van der Waals surface area contributed by atoms with Crippen molar-refractivity contribution in [3.05, 3.63) is 89.5 Å². The predicted molar refractivity (Wildman–Crippen MR) is 133 cm³/mol. The molecule has 0 fully saturated rings. The maximum atomic E-state index is 2.34. The standard InChI is InChI=1S/3C9H12N.Sc/c3*1-8-6-4-5-7-9(8)10(2)3;/h3*4-7H,1H2,2-3H3;.